The van der Waals surface area contributed by atoms with E-state index >= 15 is 0 Å². The monoisotopic (exact) mass is 439 g/mol. The number of rotatable bonds is 7. The number of thioether (sulfide) groups is 1. The molecule has 2 heterocycles. The lowest BCUT2D eigenvalue weighted by atomic mass is 9.93. The van der Waals surface area contributed by atoms with Crippen molar-refractivity contribution in [1.29, 1.82) is 0 Å². The van der Waals surface area contributed by atoms with E-state index < -0.39 is 6.10 Å². The number of hydrogen-bond acceptors (Lipinski definition) is 4. The average Bonchev–Trinajstić information content (AvgIpc) is 3.33. The zero-order valence-electron chi connectivity index (χ0n) is 18.6. The first-order valence-electron chi connectivity index (χ1n) is 10.3. The molecule has 0 aliphatic rings. The van der Waals surface area contributed by atoms with E-state index in [2.05, 4.69) is 65.0 Å². The molecule has 3 aromatic rings. The summed E-state index contributed by atoms with van der Waals surface area (Å²) in [7, 11) is 0. The van der Waals surface area contributed by atoms with E-state index in [4.69, 9.17) is 0 Å². The zero-order valence-corrected chi connectivity index (χ0v) is 20.3. The minimum Gasteiger partial charge on any atom is -0.384 e. The summed E-state index contributed by atoms with van der Waals surface area (Å²) in [5, 5.41) is 17.1. The summed E-state index contributed by atoms with van der Waals surface area (Å²) in [5.41, 5.74) is 5.95. The van der Waals surface area contributed by atoms with Crippen LogP contribution in [0.15, 0.2) is 83.2 Å². The topological polar surface area (TPSA) is 33.1 Å². The third kappa shape index (κ3) is 7.94. The van der Waals surface area contributed by atoms with Crippen LogP contribution in [0.1, 0.15) is 56.1 Å². The number of benzene rings is 1. The van der Waals surface area contributed by atoms with Gasteiger partial charge < -0.3 is 5.11 Å². The number of aliphatic hydroxyl groups excluding tert-OH is 1. The summed E-state index contributed by atoms with van der Waals surface area (Å²) >= 11 is 3.42. The van der Waals surface area contributed by atoms with Gasteiger partial charge in [0.2, 0.25) is 0 Å². The number of pyridine rings is 1. The molecule has 4 heteroatoms. The van der Waals surface area contributed by atoms with E-state index in [9.17, 15) is 5.11 Å². The van der Waals surface area contributed by atoms with Crippen molar-refractivity contribution in [3.8, 4) is 0 Å². The SMILES string of the molecule is C=C(/C(=C\SCc1ccsc1)c1ccc(C)cc1)C(O)c1cccnc1.CC.CC. The van der Waals surface area contributed by atoms with Gasteiger partial charge in [-0.1, -0.05) is 70.2 Å². The van der Waals surface area contributed by atoms with E-state index in [1.54, 1.807) is 35.5 Å². The van der Waals surface area contributed by atoms with Crippen molar-refractivity contribution in [2.24, 2.45) is 0 Å². The lowest BCUT2D eigenvalue weighted by molar-refractivity contribution is 0.221. The highest BCUT2D eigenvalue weighted by Gasteiger charge is 2.17. The summed E-state index contributed by atoms with van der Waals surface area (Å²) in [6, 6.07) is 14.1. The van der Waals surface area contributed by atoms with Gasteiger partial charge in [0.1, 0.15) is 6.10 Å². The first-order chi connectivity index (χ1) is 14.6. The molecule has 1 aromatic carbocycles. The van der Waals surface area contributed by atoms with E-state index in [0.29, 0.717) is 5.57 Å². The second-order valence-corrected chi connectivity index (χ2v) is 7.69. The zero-order chi connectivity index (χ0) is 22.4. The molecule has 1 atom stereocenters. The Balaban J connectivity index is 0.00000106. The van der Waals surface area contributed by atoms with E-state index in [-0.39, 0.29) is 0 Å². The Labute approximate surface area is 190 Å². The normalized spacial score (nSPS) is 11.5. The molecule has 1 unspecified atom stereocenters. The van der Waals surface area contributed by atoms with Crippen molar-refractivity contribution >= 4 is 28.7 Å². The molecule has 0 fully saturated rings. The van der Waals surface area contributed by atoms with Crippen molar-refractivity contribution in [3.05, 3.63) is 105 Å². The molecule has 0 spiro atoms. The fourth-order valence-corrected chi connectivity index (χ4v) is 4.23. The minimum absolute atomic E-state index is 0.680. The third-order valence-corrected chi connectivity index (χ3v) is 5.70. The number of thiophene rings is 1. The van der Waals surface area contributed by atoms with Crippen LogP contribution in [0.25, 0.3) is 5.57 Å². The quantitative estimate of drug-likeness (QED) is 0.378. The Morgan fingerprint density at radius 2 is 1.83 bits per heavy atom. The molecule has 0 amide bonds. The second kappa shape index (κ2) is 14.8. The maximum atomic E-state index is 10.8. The van der Waals surface area contributed by atoms with Crippen LogP contribution in [0.4, 0.5) is 0 Å². The van der Waals surface area contributed by atoms with Gasteiger partial charge in [-0.15, -0.1) is 11.8 Å². The van der Waals surface area contributed by atoms with Gasteiger partial charge in [-0.2, -0.15) is 11.3 Å². The van der Waals surface area contributed by atoms with Crippen molar-refractivity contribution in [2.45, 2.75) is 46.5 Å². The maximum Gasteiger partial charge on any atom is 0.106 e. The Hall–Kier alpha value is -2.14. The van der Waals surface area contributed by atoms with E-state index in [1.807, 2.05) is 39.8 Å². The number of aliphatic hydroxyl groups is 1. The van der Waals surface area contributed by atoms with Crippen molar-refractivity contribution in [2.75, 3.05) is 0 Å². The fraction of sp³-hybridized carbons (Fsp3) is 0.269. The number of nitrogens with zero attached hydrogens (tertiary/aromatic N) is 1. The predicted octanol–water partition coefficient (Wildman–Crippen LogP) is 8.07. The molecular formula is C26H33NOS2. The molecule has 0 saturated carbocycles. The third-order valence-electron chi connectivity index (χ3n) is 4.07. The molecule has 2 aromatic heterocycles. The fourth-order valence-electron chi connectivity index (χ4n) is 2.54. The van der Waals surface area contributed by atoms with Crippen LogP contribution in [0.5, 0.6) is 0 Å². The largest absolute Gasteiger partial charge is 0.384 e. The summed E-state index contributed by atoms with van der Waals surface area (Å²) in [5.74, 6) is 0.898. The van der Waals surface area contributed by atoms with Gasteiger partial charge in [0.05, 0.1) is 0 Å². The lowest BCUT2D eigenvalue weighted by Gasteiger charge is -2.18. The number of hydrogen-bond donors (Lipinski definition) is 1. The van der Waals surface area contributed by atoms with Gasteiger partial charge in [-0.25, -0.2) is 0 Å². The van der Waals surface area contributed by atoms with Crippen molar-refractivity contribution in [1.82, 2.24) is 4.98 Å². The molecule has 0 aliphatic carbocycles. The summed E-state index contributed by atoms with van der Waals surface area (Å²) in [4.78, 5) is 4.10. The van der Waals surface area contributed by atoms with Crippen LogP contribution in [0, 0.1) is 6.92 Å². The Bertz CT molecular complexity index is 869. The Kier molecular flexibility index (Phi) is 12.8. The molecule has 0 aliphatic heterocycles. The molecule has 0 radical (unpaired) electrons. The first kappa shape index (κ1) is 25.9. The van der Waals surface area contributed by atoms with Gasteiger partial charge >= 0.3 is 0 Å². The average molecular weight is 440 g/mol. The molecule has 1 N–H and O–H groups in total. The molecule has 0 saturated heterocycles. The van der Waals surface area contributed by atoms with Gasteiger partial charge in [0.15, 0.2) is 0 Å². The van der Waals surface area contributed by atoms with Crippen LogP contribution in [-0.4, -0.2) is 10.1 Å². The molecule has 30 heavy (non-hydrogen) atoms. The maximum absolute atomic E-state index is 10.8. The molecule has 0 bridgehead atoms. The number of aromatic nitrogens is 1. The van der Waals surface area contributed by atoms with Gasteiger partial charge in [-0.3, -0.25) is 4.98 Å². The van der Waals surface area contributed by atoms with Crippen LogP contribution in [-0.2, 0) is 5.75 Å². The van der Waals surface area contributed by atoms with Crippen molar-refractivity contribution < 1.29 is 5.11 Å². The summed E-state index contributed by atoms with van der Waals surface area (Å²) in [6.07, 6.45) is 2.60. The van der Waals surface area contributed by atoms with Crippen LogP contribution in [0.2, 0.25) is 0 Å². The standard InChI is InChI=1S/C22H21NOS2.2C2H6/c1-16-5-7-19(8-6-16)21(15-26-14-18-9-11-25-13-18)17(2)22(24)20-4-3-10-23-12-20;2*1-2/h3-13,15,22,24H,2,14H2,1H3;2*1-2H3/b21-15+;;. The molecule has 2 nitrogen and oxygen atoms in total. The lowest BCUT2D eigenvalue weighted by Crippen LogP contribution is -2.03. The van der Waals surface area contributed by atoms with Gasteiger partial charge in [-0.05, 0) is 57.5 Å². The van der Waals surface area contributed by atoms with Crippen LogP contribution in [0.3, 0.4) is 0 Å². The summed E-state index contributed by atoms with van der Waals surface area (Å²) < 4.78 is 0. The van der Waals surface area contributed by atoms with E-state index in [0.717, 1.165) is 22.5 Å². The highest BCUT2D eigenvalue weighted by atomic mass is 32.2. The smallest absolute Gasteiger partial charge is 0.106 e. The van der Waals surface area contributed by atoms with Crippen molar-refractivity contribution in [3.63, 3.8) is 0 Å². The molecule has 3 rings (SSSR count). The highest BCUT2D eigenvalue weighted by Crippen LogP contribution is 2.34. The number of aryl methyl sites for hydroxylation is 1. The van der Waals surface area contributed by atoms with Gasteiger partial charge in [0.25, 0.3) is 0 Å². The first-order valence-corrected chi connectivity index (χ1v) is 12.3. The predicted molar refractivity (Wildman–Crippen MR) is 136 cm³/mol. The molecular weight excluding hydrogens is 406 g/mol. The van der Waals surface area contributed by atoms with E-state index in [1.165, 1.54) is 11.1 Å². The van der Waals surface area contributed by atoms with Crippen LogP contribution < -0.4 is 0 Å². The highest BCUT2D eigenvalue weighted by molar-refractivity contribution is 8.01. The molecule has 160 valence electrons. The van der Waals surface area contributed by atoms with Gasteiger partial charge in [0, 0.05) is 23.7 Å². The Morgan fingerprint density at radius 1 is 1.13 bits per heavy atom. The Morgan fingerprint density at radius 3 is 2.40 bits per heavy atom. The minimum atomic E-state index is -0.780. The second-order valence-electron chi connectivity index (χ2n) is 6.05. The summed E-state index contributed by atoms with van der Waals surface area (Å²) in [6.45, 7) is 14.3. The van der Waals surface area contributed by atoms with Crippen LogP contribution >= 0.6 is 23.1 Å².